The van der Waals surface area contributed by atoms with Gasteiger partial charge in [0.2, 0.25) is 5.91 Å². The van der Waals surface area contributed by atoms with Crippen LogP contribution < -0.4 is 9.64 Å². The van der Waals surface area contributed by atoms with E-state index in [1.165, 1.54) is 6.92 Å². The lowest BCUT2D eigenvalue weighted by Crippen LogP contribution is -2.24. The normalized spacial score (nSPS) is 13.9. The molecule has 0 unspecified atom stereocenters. The molecule has 0 spiro atoms. The van der Waals surface area contributed by atoms with E-state index in [2.05, 4.69) is 0 Å². The summed E-state index contributed by atoms with van der Waals surface area (Å²) in [5.74, 6) is -0.108. The first-order valence-electron chi connectivity index (χ1n) is 7.78. The SMILES string of the molecule is CC(=O)c1ccc(OC(=O)c2cccc(N3CCCC3=O)c2)cc1. The van der Waals surface area contributed by atoms with Crippen LogP contribution in [0.4, 0.5) is 5.69 Å². The van der Waals surface area contributed by atoms with E-state index in [1.807, 2.05) is 6.07 Å². The Bertz CT molecular complexity index is 795. The van der Waals surface area contributed by atoms with Crippen LogP contribution in [0.2, 0.25) is 0 Å². The Balaban J connectivity index is 1.75. The van der Waals surface area contributed by atoms with Gasteiger partial charge in [-0.25, -0.2) is 4.79 Å². The summed E-state index contributed by atoms with van der Waals surface area (Å²) < 4.78 is 5.33. The van der Waals surface area contributed by atoms with Crippen LogP contribution in [0.1, 0.15) is 40.5 Å². The number of benzene rings is 2. The molecular weight excluding hydrogens is 306 g/mol. The topological polar surface area (TPSA) is 63.7 Å². The number of carbonyl (C=O) groups is 3. The van der Waals surface area contributed by atoms with Gasteiger partial charge in [-0.3, -0.25) is 9.59 Å². The molecule has 5 heteroatoms. The summed E-state index contributed by atoms with van der Waals surface area (Å²) >= 11 is 0. The van der Waals surface area contributed by atoms with E-state index in [1.54, 1.807) is 47.4 Å². The highest BCUT2D eigenvalue weighted by atomic mass is 16.5. The van der Waals surface area contributed by atoms with Gasteiger partial charge >= 0.3 is 5.97 Å². The summed E-state index contributed by atoms with van der Waals surface area (Å²) in [6.45, 7) is 2.15. The molecule has 1 aliphatic rings. The first-order valence-corrected chi connectivity index (χ1v) is 7.78. The Kier molecular flexibility index (Phi) is 4.42. The van der Waals surface area contributed by atoms with Crippen LogP contribution in [0.5, 0.6) is 5.75 Å². The summed E-state index contributed by atoms with van der Waals surface area (Å²) in [4.78, 5) is 37.0. The highest BCUT2D eigenvalue weighted by molar-refractivity contribution is 5.98. The van der Waals surface area contributed by atoms with Crippen molar-refractivity contribution in [2.45, 2.75) is 19.8 Å². The number of amides is 1. The molecular formula is C19H17NO4. The van der Waals surface area contributed by atoms with Crippen molar-refractivity contribution in [3.8, 4) is 5.75 Å². The fourth-order valence-corrected chi connectivity index (χ4v) is 2.65. The number of hydrogen-bond acceptors (Lipinski definition) is 4. The molecule has 1 saturated heterocycles. The van der Waals surface area contributed by atoms with Crippen molar-refractivity contribution in [1.29, 1.82) is 0 Å². The second-order valence-electron chi connectivity index (χ2n) is 5.67. The smallest absolute Gasteiger partial charge is 0.343 e. The molecule has 24 heavy (non-hydrogen) atoms. The van der Waals surface area contributed by atoms with Crippen molar-refractivity contribution in [2.75, 3.05) is 11.4 Å². The largest absolute Gasteiger partial charge is 0.423 e. The third kappa shape index (κ3) is 3.35. The molecule has 0 bridgehead atoms. The fourth-order valence-electron chi connectivity index (χ4n) is 2.65. The van der Waals surface area contributed by atoms with Gasteiger partial charge in [-0.15, -0.1) is 0 Å². The van der Waals surface area contributed by atoms with Gasteiger partial charge in [-0.2, -0.15) is 0 Å². The van der Waals surface area contributed by atoms with E-state index in [9.17, 15) is 14.4 Å². The number of rotatable bonds is 4. The van der Waals surface area contributed by atoms with Gasteiger partial charge in [0, 0.05) is 24.2 Å². The highest BCUT2D eigenvalue weighted by Gasteiger charge is 2.22. The van der Waals surface area contributed by atoms with Crippen molar-refractivity contribution < 1.29 is 19.1 Å². The average molecular weight is 323 g/mol. The Morgan fingerprint density at radius 2 is 1.79 bits per heavy atom. The predicted octanol–water partition coefficient (Wildman–Crippen LogP) is 3.24. The Labute approximate surface area is 139 Å². The lowest BCUT2D eigenvalue weighted by atomic mass is 10.1. The number of anilines is 1. The van der Waals surface area contributed by atoms with Crippen molar-refractivity contribution in [3.63, 3.8) is 0 Å². The summed E-state index contributed by atoms with van der Waals surface area (Å²) in [6.07, 6.45) is 1.37. The quantitative estimate of drug-likeness (QED) is 0.492. The van der Waals surface area contributed by atoms with Gasteiger partial charge in [0.05, 0.1) is 5.56 Å². The van der Waals surface area contributed by atoms with E-state index < -0.39 is 5.97 Å². The van der Waals surface area contributed by atoms with Crippen LogP contribution in [0.3, 0.4) is 0 Å². The first-order chi connectivity index (χ1) is 11.5. The second-order valence-corrected chi connectivity index (χ2v) is 5.67. The maximum absolute atomic E-state index is 12.3. The molecule has 0 radical (unpaired) electrons. The van der Waals surface area contributed by atoms with E-state index >= 15 is 0 Å². The number of hydrogen-bond donors (Lipinski definition) is 0. The Morgan fingerprint density at radius 3 is 2.42 bits per heavy atom. The van der Waals surface area contributed by atoms with Gasteiger partial charge in [-0.05, 0) is 55.8 Å². The lowest BCUT2D eigenvalue weighted by Gasteiger charge is -2.16. The number of ketones is 1. The van der Waals surface area contributed by atoms with Gasteiger partial charge in [0.1, 0.15) is 5.75 Å². The zero-order chi connectivity index (χ0) is 17.1. The minimum absolute atomic E-state index is 0.0455. The van der Waals surface area contributed by atoms with Crippen molar-refractivity contribution in [1.82, 2.24) is 0 Å². The summed E-state index contributed by atoms with van der Waals surface area (Å²) in [7, 11) is 0. The number of Topliss-reactive ketones (excluding diaryl/α,β-unsaturated/α-hetero) is 1. The van der Waals surface area contributed by atoms with Crippen LogP contribution in [0.15, 0.2) is 48.5 Å². The predicted molar refractivity (Wildman–Crippen MR) is 89.4 cm³/mol. The maximum atomic E-state index is 12.3. The molecule has 0 aromatic heterocycles. The molecule has 0 N–H and O–H groups in total. The van der Waals surface area contributed by atoms with E-state index in [4.69, 9.17) is 4.74 Å². The van der Waals surface area contributed by atoms with Gasteiger partial charge in [-0.1, -0.05) is 6.07 Å². The van der Waals surface area contributed by atoms with Crippen molar-refractivity contribution in [2.24, 2.45) is 0 Å². The van der Waals surface area contributed by atoms with E-state index in [0.717, 1.165) is 6.42 Å². The molecule has 1 fully saturated rings. The molecule has 0 saturated carbocycles. The molecule has 0 atom stereocenters. The highest BCUT2D eigenvalue weighted by Crippen LogP contribution is 2.23. The number of nitrogens with zero attached hydrogens (tertiary/aromatic N) is 1. The van der Waals surface area contributed by atoms with E-state index in [0.29, 0.717) is 35.5 Å². The Hall–Kier alpha value is -2.95. The zero-order valence-corrected chi connectivity index (χ0v) is 13.3. The molecule has 1 aliphatic heterocycles. The molecule has 2 aromatic carbocycles. The number of esters is 1. The standard InChI is InChI=1S/C19H17NO4/c1-13(21)14-7-9-17(10-8-14)24-19(23)15-4-2-5-16(12-15)20-11-3-6-18(20)22/h2,4-5,7-10,12H,3,6,11H2,1H3. The van der Waals surface area contributed by atoms with Gasteiger partial charge in [0.25, 0.3) is 0 Å². The molecule has 1 amide bonds. The van der Waals surface area contributed by atoms with Gasteiger partial charge < -0.3 is 9.64 Å². The number of carbonyl (C=O) groups excluding carboxylic acids is 3. The van der Waals surface area contributed by atoms with Crippen LogP contribution in [-0.4, -0.2) is 24.2 Å². The molecule has 0 aliphatic carbocycles. The first kappa shape index (κ1) is 15.9. The molecule has 1 heterocycles. The molecule has 5 nitrogen and oxygen atoms in total. The lowest BCUT2D eigenvalue weighted by molar-refractivity contribution is -0.117. The van der Waals surface area contributed by atoms with Crippen molar-refractivity contribution in [3.05, 3.63) is 59.7 Å². The molecule has 122 valence electrons. The van der Waals surface area contributed by atoms with E-state index in [-0.39, 0.29) is 11.7 Å². The third-order valence-corrected chi connectivity index (χ3v) is 3.94. The minimum Gasteiger partial charge on any atom is -0.423 e. The van der Waals surface area contributed by atoms with Crippen LogP contribution in [0, 0.1) is 0 Å². The molecule has 3 rings (SSSR count). The maximum Gasteiger partial charge on any atom is 0.343 e. The minimum atomic E-state index is -0.501. The van der Waals surface area contributed by atoms with Gasteiger partial charge in [0.15, 0.2) is 5.78 Å². The second kappa shape index (κ2) is 6.66. The number of ether oxygens (including phenoxy) is 1. The monoisotopic (exact) mass is 323 g/mol. The van der Waals surface area contributed by atoms with Crippen LogP contribution in [0.25, 0.3) is 0 Å². The summed E-state index contributed by atoms with van der Waals surface area (Å²) in [5.41, 5.74) is 1.64. The average Bonchev–Trinajstić information content (AvgIpc) is 3.01. The Morgan fingerprint density at radius 1 is 1.04 bits per heavy atom. The van der Waals surface area contributed by atoms with Crippen LogP contribution in [-0.2, 0) is 4.79 Å². The van der Waals surface area contributed by atoms with Crippen LogP contribution >= 0.6 is 0 Å². The van der Waals surface area contributed by atoms with Crippen molar-refractivity contribution >= 4 is 23.3 Å². The summed E-state index contributed by atoms with van der Waals surface area (Å²) in [6, 6.07) is 13.3. The molecule has 2 aromatic rings. The third-order valence-electron chi connectivity index (χ3n) is 3.94. The fraction of sp³-hybridized carbons (Fsp3) is 0.211. The summed E-state index contributed by atoms with van der Waals surface area (Å²) in [5, 5.41) is 0. The zero-order valence-electron chi connectivity index (χ0n) is 13.3.